The lowest BCUT2D eigenvalue weighted by molar-refractivity contribution is -0.138. The molecule has 73 heavy (non-hydrogen) atoms. The van der Waals surface area contributed by atoms with Crippen molar-refractivity contribution >= 4 is 47.0 Å². The van der Waals surface area contributed by atoms with Crippen LogP contribution in [0.3, 0.4) is 0 Å². The third-order valence-corrected chi connectivity index (χ3v) is 15.6. The van der Waals surface area contributed by atoms with Crippen LogP contribution in [0.25, 0.3) is 17.3 Å². The summed E-state index contributed by atoms with van der Waals surface area (Å²) < 4.78 is 62.5. The van der Waals surface area contributed by atoms with Gasteiger partial charge in [-0.2, -0.15) is 13.2 Å². The second-order valence-electron chi connectivity index (χ2n) is 19.5. The SMILES string of the molecule is C=C/C(=C\C(=C/C)OCC=O)CNc1cc(C2=C(C)C([C@H](/C=c3\[nH]c(C#CCNc4ccc(SN5CCN(CC6CC7(CCC(N)CC7)C6)CC5)cc4OC)c\c3=C(/N)C=C)CC(F)(F)F)=C2C)cnc1OC. The fraction of sp³-hybridized carbons (Fsp3) is 0.439. The van der Waals surface area contributed by atoms with Crippen molar-refractivity contribution in [2.75, 3.05) is 77.3 Å². The number of methoxy groups -OCH3 is 2. The highest BCUT2D eigenvalue weighted by Crippen LogP contribution is 2.55. The van der Waals surface area contributed by atoms with Crippen LogP contribution in [0.1, 0.15) is 77.0 Å². The van der Waals surface area contributed by atoms with Crippen molar-refractivity contribution in [1.82, 2.24) is 19.2 Å². The zero-order valence-electron chi connectivity index (χ0n) is 42.9. The lowest BCUT2D eigenvalue weighted by atomic mass is 9.55. The Hall–Kier alpha value is -6.12. The fourth-order valence-corrected chi connectivity index (χ4v) is 11.8. The first-order valence-corrected chi connectivity index (χ1v) is 25.8. The number of nitrogens with two attached hydrogens (primary N) is 2. The molecule has 7 rings (SSSR count). The third kappa shape index (κ3) is 13.9. The zero-order valence-corrected chi connectivity index (χ0v) is 43.7. The van der Waals surface area contributed by atoms with Crippen LogP contribution >= 0.6 is 11.9 Å². The molecule has 0 unspecified atom stereocenters. The van der Waals surface area contributed by atoms with Gasteiger partial charge in [-0.15, -0.1) is 0 Å². The van der Waals surface area contributed by atoms with E-state index in [1.807, 2.05) is 32.0 Å². The average molecular weight is 1020 g/mol. The molecule has 1 atom stereocenters. The maximum atomic E-state index is 14.4. The van der Waals surface area contributed by atoms with E-state index in [4.69, 9.17) is 25.7 Å². The molecule has 1 spiro atoms. The Morgan fingerprint density at radius 2 is 1.79 bits per heavy atom. The Labute approximate surface area is 432 Å². The number of nitrogens with zero attached hydrogens (tertiary/aromatic N) is 3. The molecule has 16 heteroatoms. The molecule has 0 radical (unpaired) electrons. The van der Waals surface area contributed by atoms with Crippen LogP contribution in [0, 0.1) is 29.1 Å². The smallest absolute Gasteiger partial charge is 0.390 e. The minimum Gasteiger partial charge on any atom is -0.495 e. The van der Waals surface area contributed by atoms with Crippen molar-refractivity contribution < 1.29 is 32.2 Å². The van der Waals surface area contributed by atoms with Crippen LogP contribution in [0.5, 0.6) is 11.6 Å². The predicted octanol–water partition coefficient (Wildman–Crippen LogP) is 8.86. The van der Waals surface area contributed by atoms with Crippen LogP contribution < -0.4 is 42.1 Å². The first-order chi connectivity index (χ1) is 35.1. The molecule has 0 bridgehead atoms. The molecule has 1 aliphatic heterocycles. The average Bonchev–Trinajstić information content (AvgIpc) is 3.77. The summed E-state index contributed by atoms with van der Waals surface area (Å²) in [6.45, 7) is 19.1. The number of pyridine rings is 1. The molecule has 2 saturated carbocycles. The summed E-state index contributed by atoms with van der Waals surface area (Å²) in [5.41, 5.74) is 19.6. The van der Waals surface area contributed by atoms with E-state index in [2.05, 4.69) is 60.9 Å². The molecule has 3 fully saturated rings. The van der Waals surface area contributed by atoms with Gasteiger partial charge in [-0.3, -0.25) is 4.79 Å². The molecule has 2 aromatic heterocycles. The van der Waals surface area contributed by atoms with Gasteiger partial charge in [0.1, 0.15) is 18.1 Å². The summed E-state index contributed by atoms with van der Waals surface area (Å²) >= 11 is 1.76. The molecular formula is C57H71F3N8O4S. The standard InChI is InChI=1S/C57H71F3N8O4S/c1-8-39(26-45(9-2)72-25-24-69)34-64-51-28-42(35-65-55(51)71-7)54-37(4)53(38(54)5)41(33-57(58,59)60)27-50-47(48(62)10-3)29-44(66-50)12-11-19-63-49-14-13-46(30-52(49)70-6)73-68-22-20-67(21-23-68)36-40-31-56(32-40)17-15-43(61)16-18-56/h8-10,13-14,24,26-30,35,40-41,43,63-64,66H,1,3,15-23,25,31-34,36,61-62H2,2,4-7H3/b39-26+,45-9+,48-47+,50-27-/t40?,41-,43?,56?/m1/s1. The summed E-state index contributed by atoms with van der Waals surface area (Å²) in [5, 5.41) is 7.61. The molecule has 0 amide bonds. The number of ether oxygens (including phenoxy) is 3. The molecule has 1 saturated heterocycles. The third-order valence-electron chi connectivity index (χ3n) is 14.5. The van der Waals surface area contributed by atoms with Crippen LogP contribution in [-0.4, -0.2) is 104 Å². The number of nitrogens with one attached hydrogen (secondary N) is 3. The second-order valence-corrected chi connectivity index (χ2v) is 20.6. The van der Waals surface area contributed by atoms with Gasteiger partial charge in [0.15, 0.2) is 6.29 Å². The Morgan fingerprint density at radius 1 is 1.04 bits per heavy atom. The lowest BCUT2D eigenvalue weighted by Gasteiger charge is -2.53. The highest BCUT2D eigenvalue weighted by atomic mass is 32.2. The number of H-pyrrole nitrogens is 1. The van der Waals surface area contributed by atoms with Gasteiger partial charge in [-0.05, 0) is 165 Å². The minimum atomic E-state index is -4.48. The topological polar surface area (TPSA) is 156 Å². The molecule has 1 aromatic carbocycles. The van der Waals surface area contributed by atoms with Crippen molar-refractivity contribution in [2.45, 2.75) is 82.8 Å². The van der Waals surface area contributed by atoms with E-state index in [-0.39, 0.29) is 13.2 Å². The molecular weight excluding hydrogens is 950 g/mol. The maximum absolute atomic E-state index is 14.4. The summed E-state index contributed by atoms with van der Waals surface area (Å²) in [6.07, 6.45) is 12.7. The van der Waals surface area contributed by atoms with E-state index in [1.54, 1.807) is 62.5 Å². The van der Waals surface area contributed by atoms with Crippen LogP contribution in [0.15, 0.2) is 107 Å². The van der Waals surface area contributed by atoms with Crippen LogP contribution in [-0.2, 0) is 9.53 Å². The first kappa shape index (κ1) is 54.6. The second kappa shape index (κ2) is 24.7. The number of benzene rings is 1. The van der Waals surface area contributed by atoms with Gasteiger partial charge in [0.05, 0.1) is 44.3 Å². The number of carbonyl (C=O) groups is 1. The van der Waals surface area contributed by atoms with Crippen molar-refractivity contribution in [3.63, 3.8) is 0 Å². The van der Waals surface area contributed by atoms with Gasteiger partial charge in [0, 0.05) is 84.1 Å². The molecule has 390 valence electrons. The number of hydrogen-bond donors (Lipinski definition) is 5. The van der Waals surface area contributed by atoms with Crippen LogP contribution in [0.4, 0.5) is 24.5 Å². The monoisotopic (exact) mass is 1020 g/mol. The zero-order chi connectivity index (χ0) is 52.3. The van der Waals surface area contributed by atoms with Gasteiger partial charge in [-0.25, -0.2) is 9.29 Å². The number of hydrogen-bond acceptors (Lipinski definition) is 12. The minimum absolute atomic E-state index is 0.0796. The Bertz CT molecular complexity index is 2810. The maximum Gasteiger partial charge on any atom is 0.390 e. The number of halogens is 3. The van der Waals surface area contributed by atoms with E-state index in [0.717, 1.165) is 65.0 Å². The number of aldehydes is 1. The van der Waals surface area contributed by atoms with E-state index >= 15 is 0 Å². The number of alkyl halides is 3. The molecule has 4 aliphatic rings. The highest BCUT2D eigenvalue weighted by Gasteiger charge is 2.46. The Balaban J connectivity index is 1.00. The van der Waals surface area contributed by atoms with Gasteiger partial charge in [-0.1, -0.05) is 31.2 Å². The normalized spacial score (nSPS) is 21.9. The quantitative estimate of drug-likeness (QED) is 0.0228. The van der Waals surface area contributed by atoms with Crippen molar-refractivity contribution in [2.24, 2.45) is 28.7 Å². The Morgan fingerprint density at radius 3 is 2.44 bits per heavy atom. The summed E-state index contributed by atoms with van der Waals surface area (Å²) in [4.78, 5) is 22.3. The summed E-state index contributed by atoms with van der Waals surface area (Å²) in [6, 6.07) is 10.1. The number of carbonyl (C=O) groups excluding carboxylic acids is 1. The fourth-order valence-electron chi connectivity index (χ4n) is 10.9. The number of piperazine rings is 1. The molecule has 3 heterocycles. The largest absolute Gasteiger partial charge is 0.495 e. The molecule has 7 N–H and O–H groups in total. The molecule has 3 aromatic rings. The van der Waals surface area contributed by atoms with Crippen molar-refractivity contribution in [3.05, 3.63) is 124 Å². The summed E-state index contributed by atoms with van der Waals surface area (Å²) in [5.74, 6) is 7.60. The van der Waals surface area contributed by atoms with Gasteiger partial charge in [0.25, 0.3) is 0 Å². The number of rotatable bonds is 21. The van der Waals surface area contributed by atoms with Gasteiger partial charge >= 0.3 is 6.18 Å². The lowest BCUT2D eigenvalue weighted by Crippen LogP contribution is -2.50. The number of aromatic amines is 1. The summed E-state index contributed by atoms with van der Waals surface area (Å²) in [7, 11) is 3.16. The molecule has 3 aliphatic carbocycles. The van der Waals surface area contributed by atoms with Gasteiger partial charge < -0.3 is 46.2 Å². The van der Waals surface area contributed by atoms with Crippen molar-refractivity contribution in [1.29, 1.82) is 0 Å². The number of aromatic nitrogens is 2. The van der Waals surface area contributed by atoms with Crippen molar-refractivity contribution in [3.8, 4) is 23.5 Å². The number of allylic oxidation sites excluding steroid dienone is 6. The van der Waals surface area contributed by atoms with E-state index in [0.29, 0.717) is 80.5 Å². The first-order valence-electron chi connectivity index (χ1n) is 25.1. The van der Waals surface area contributed by atoms with Crippen LogP contribution in [0.2, 0.25) is 0 Å². The predicted molar refractivity (Wildman–Crippen MR) is 289 cm³/mol. The Kier molecular flexibility index (Phi) is 18.5. The van der Waals surface area contributed by atoms with Gasteiger partial charge in [0.2, 0.25) is 5.88 Å². The molecule has 12 nitrogen and oxygen atoms in total. The number of anilines is 2. The van der Waals surface area contributed by atoms with E-state index < -0.39 is 18.5 Å². The van der Waals surface area contributed by atoms with E-state index in [1.165, 1.54) is 58.3 Å². The van der Waals surface area contributed by atoms with E-state index in [9.17, 15) is 18.0 Å². The highest BCUT2D eigenvalue weighted by molar-refractivity contribution is 7.97.